The van der Waals surface area contributed by atoms with Gasteiger partial charge in [-0.15, -0.1) is 0 Å². The number of nitrogens with zero attached hydrogens (tertiary/aromatic N) is 3. The first-order chi connectivity index (χ1) is 11.2. The van der Waals surface area contributed by atoms with Crippen LogP contribution >= 0.6 is 15.9 Å². The van der Waals surface area contributed by atoms with Gasteiger partial charge in [0.15, 0.2) is 5.65 Å². The molecule has 1 amide bonds. The van der Waals surface area contributed by atoms with E-state index < -0.39 is 5.60 Å². The lowest BCUT2D eigenvalue weighted by Crippen LogP contribution is -2.44. The van der Waals surface area contributed by atoms with Crippen molar-refractivity contribution in [3.63, 3.8) is 0 Å². The third-order valence-corrected chi connectivity index (χ3v) is 4.54. The number of aromatic nitrogens is 3. The molecule has 0 bridgehead atoms. The Bertz CT molecular complexity index is 777. The Morgan fingerprint density at radius 2 is 2.17 bits per heavy atom. The van der Waals surface area contributed by atoms with Crippen LogP contribution in [-0.4, -0.2) is 38.5 Å². The van der Waals surface area contributed by atoms with Gasteiger partial charge in [-0.05, 0) is 55.6 Å². The fourth-order valence-electron chi connectivity index (χ4n) is 2.44. The molecular formula is C16H22BrN5O2. The number of carbonyl (C=O) groups is 1. The molecule has 8 heteroatoms. The van der Waals surface area contributed by atoms with E-state index in [4.69, 9.17) is 4.74 Å². The quantitative estimate of drug-likeness (QED) is 0.830. The molecule has 2 N–H and O–H groups in total. The number of fused-ring (bicyclic) bond motifs is 1. The van der Waals surface area contributed by atoms with Gasteiger partial charge in [-0.3, -0.25) is 4.68 Å². The van der Waals surface area contributed by atoms with Crippen LogP contribution in [0.4, 0.5) is 10.6 Å². The molecule has 1 fully saturated rings. The SMILES string of the molecule is Cn1ncc2c(Br)cc(NCC3(NC(=O)OC(C)(C)C)CC3)nc21. The minimum absolute atomic E-state index is 0.252. The van der Waals surface area contributed by atoms with E-state index in [2.05, 4.69) is 36.6 Å². The number of nitrogens with one attached hydrogen (secondary N) is 2. The van der Waals surface area contributed by atoms with Gasteiger partial charge in [-0.25, -0.2) is 9.78 Å². The molecule has 0 radical (unpaired) electrons. The smallest absolute Gasteiger partial charge is 0.408 e. The average Bonchev–Trinajstić information content (AvgIpc) is 3.10. The van der Waals surface area contributed by atoms with E-state index in [0.29, 0.717) is 6.54 Å². The predicted octanol–water partition coefficient (Wildman–Crippen LogP) is 3.20. The first kappa shape index (κ1) is 17.0. The number of aryl methyl sites for hydroxylation is 1. The Labute approximate surface area is 149 Å². The van der Waals surface area contributed by atoms with Crippen molar-refractivity contribution < 1.29 is 9.53 Å². The minimum Gasteiger partial charge on any atom is -0.444 e. The van der Waals surface area contributed by atoms with Crippen molar-refractivity contribution in [3.8, 4) is 0 Å². The largest absolute Gasteiger partial charge is 0.444 e. The van der Waals surface area contributed by atoms with Gasteiger partial charge in [0, 0.05) is 18.1 Å². The molecule has 3 rings (SSSR count). The molecular weight excluding hydrogens is 374 g/mol. The summed E-state index contributed by atoms with van der Waals surface area (Å²) in [5.74, 6) is 0.746. The van der Waals surface area contributed by atoms with Crippen molar-refractivity contribution in [3.05, 3.63) is 16.7 Å². The van der Waals surface area contributed by atoms with Crippen LogP contribution in [0.2, 0.25) is 0 Å². The number of alkyl carbamates (subject to hydrolysis) is 1. The Hall–Kier alpha value is -1.83. The van der Waals surface area contributed by atoms with E-state index in [1.54, 1.807) is 10.9 Å². The lowest BCUT2D eigenvalue weighted by Gasteiger charge is -2.23. The summed E-state index contributed by atoms with van der Waals surface area (Å²) in [5, 5.41) is 11.5. The second-order valence-electron chi connectivity index (χ2n) is 7.26. The summed E-state index contributed by atoms with van der Waals surface area (Å²) in [6.45, 7) is 6.17. The number of amides is 1. The minimum atomic E-state index is -0.495. The topological polar surface area (TPSA) is 81.1 Å². The first-order valence-corrected chi connectivity index (χ1v) is 8.70. The van der Waals surface area contributed by atoms with Crippen molar-refractivity contribution in [2.24, 2.45) is 7.05 Å². The predicted molar refractivity (Wildman–Crippen MR) is 96.0 cm³/mol. The summed E-state index contributed by atoms with van der Waals surface area (Å²) in [7, 11) is 1.86. The van der Waals surface area contributed by atoms with E-state index in [1.807, 2.05) is 33.9 Å². The number of rotatable bonds is 4. The summed E-state index contributed by atoms with van der Waals surface area (Å²) in [6.07, 6.45) is 3.25. The molecule has 2 heterocycles. The van der Waals surface area contributed by atoms with Crippen LogP contribution in [0.1, 0.15) is 33.6 Å². The van der Waals surface area contributed by atoms with Crippen molar-refractivity contribution in [2.45, 2.75) is 44.8 Å². The molecule has 7 nitrogen and oxygen atoms in total. The molecule has 0 aliphatic heterocycles. The van der Waals surface area contributed by atoms with Crippen LogP contribution in [0.3, 0.4) is 0 Å². The molecule has 2 aromatic heterocycles. The number of anilines is 1. The monoisotopic (exact) mass is 395 g/mol. The van der Waals surface area contributed by atoms with Crippen LogP contribution in [0.5, 0.6) is 0 Å². The van der Waals surface area contributed by atoms with Crippen LogP contribution < -0.4 is 10.6 Å². The van der Waals surface area contributed by atoms with Crippen LogP contribution in [0.25, 0.3) is 11.0 Å². The third kappa shape index (κ3) is 3.80. The summed E-state index contributed by atoms with van der Waals surface area (Å²) in [6, 6.07) is 1.92. The van der Waals surface area contributed by atoms with Gasteiger partial charge in [0.05, 0.1) is 17.1 Å². The fourth-order valence-corrected chi connectivity index (χ4v) is 2.94. The second kappa shape index (κ2) is 5.91. The molecule has 0 saturated heterocycles. The van der Waals surface area contributed by atoms with E-state index >= 15 is 0 Å². The summed E-state index contributed by atoms with van der Waals surface area (Å²) >= 11 is 3.55. The highest BCUT2D eigenvalue weighted by Crippen LogP contribution is 2.36. The summed E-state index contributed by atoms with van der Waals surface area (Å²) in [4.78, 5) is 16.5. The second-order valence-corrected chi connectivity index (χ2v) is 8.11. The molecule has 0 aromatic carbocycles. The molecule has 0 spiro atoms. The molecule has 24 heavy (non-hydrogen) atoms. The molecule has 0 atom stereocenters. The van der Waals surface area contributed by atoms with Gasteiger partial charge in [0.1, 0.15) is 11.4 Å². The van der Waals surface area contributed by atoms with Crippen molar-refractivity contribution in [1.29, 1.82) is 0 Å². The highest BCUT2D eigenvalue weighted by Gasteiger charge is 2.44. The van der Waals surface area contributed by atoms with Gasteiger partial charge >= 0.3 is 6.09 Å². The zero-order chi connectivity index (χ0) is 17.5. The van der Waals surface area contributed by atoms with Crippen molar-refractivity contribution >= 4 is 38.9 Å². The van der Waals surface area contributed by atoms with Gasteiger partial charge in [-0.1, -0.05) is 0 Å². The number of carbonyl (C=O) groups excluding carboxylic acids is 1. The molecule has 130 valence electrons. The number of hydrogen-bond donors (Lipinski definition) is 2. The Morgan fingerprint density at radius 1 is 1.46 bits per heavy atom. The maximum atomic E-state index is 12.0. The molecule has 1 aliphatic carbocycles. The number of hydrogen-bond acceptors (Lipinski definition) is 5. The van der Waals surface area contributed by atoms with Crippen molar-refractivity contribution in [1.82, 2.24) is 20.1 Å². The van der Waals surface area contributed by atoms with Gasteiger partial charge in [0.25, 0.3) is 0 Å². The van der Waals surface area contributed by atoms with E-state index in [9.17, 15) is 4.79 Å². The zero-order valence-corrected chi connectivity index (χ0v) is 15.9. The lowest BCUT2D eigenvalue weighted by molar-refractivity contribution is 0.0500. The number of ether oxygens (including phenoxy) is 1. The van der Waals surface area contributed by atoms with Crippen LogP contribution in [0, 0.1) is 0 Å². The Morgan fingerprint density at radius 3 is 2.79 bits per heavy atom. The normalized spacial score (nSPS) is 16.0. The first-order valence-electron chi connectivity index (χ1n) is 7.91. The van der Waals surface area contributed by atoms with Gasteiger partial charge in [-0.2, -0.15) is 5.10 Å². The number of pyridine rings is 1. The zero-order valence-electron chi connectivity index (χ0n) is 14.3. The fraction of sp³-hybridized carbons (Fsp3) is 0.562. The third-order valence-electron chi connectivity index (χ3n) is 3.88. The van der Waals surface area contributed by atoms with E-state index in [1.165, 1.54) is 0 Å². The van der Waals surface area contributed by atoms with Crippen LogP contribution in [-0.2, 0) is 11.8 Å². The summed E-state index contributed by atoms with van der Waals surface area (Å²) < 4.78 is 8.01. The van der Waals surface area contributed by atoms with Gasteiger partial charge < -0.3 is 15.4 Å². The molecule has 2 aromatic rings. The number of halogens is 1. The maximum Gasteiger partial charge on any atom is 0.408 e. The Balaban J connectivity index is 1.65. The maximum absolute atomic E-state index is 12.0. The van der Waals surface area contributed by atoms with Crippen LogP contribution in [0.15, 0.2) is 16.7 Å². The molecule has 1 aliphatic rings. The van der Waals surface area contributed by atoms with Gasteiger partial charge in [0.2, 0.25) is 0 Å². The standard InChI is InChI=1S/C16H22BrN5O2/c1-15(2,3)24-14(23)21-16(5-6-16)9-18-12-7-11(17)10-8-19-22(4)13(10)20-12/h7-8H,5-6,9H2,1-4H3,(H,18,20)(H,21,23). The molecule has 1 saturated carbocycles. The summed E-state index contributed by atoms with van der Waals surface area (Å²) in [5.41, 5.74) is 0.0551. The van der Waals surface area contributed by atoms with E-state index in [-0.39, 0.29) is 11.6 Å². The average molecular weight is 396 g/mol. The highest BCUT2D eigenvalue weighted by molar-refractivity contribution is 9.10. The lowest BCUT2D eigenvalue weighted by atomic mass is 10.2. The Kier molecular flexibility index (Phi) is 4.19. The highest BCUT2D eigenvalue weighted by atomic mass is 79.9. The van der Waals surface area contributed by atoms with E-state index in [0.717, 1.165) is 34.2 Å². The molecule has 0 unspecified atom stereocenters. The van der Waals surface area contributed by atoms with Crippen molar-refractivity contribution in [2.75, 3.05) is 11.9 Å².